The lowest BCUT2D eigenvalue weighted by atomic mass is 10.2. The first-order valence-corrected chi connectivity index (χ1v) is 3.95. The molecule has 2 aromatic rings. The van der Waals surface area contributed by atoms with Gasteiger partial charge in [-0.3, -0.25) is 4.79 Å². The van der Waals surface area contributed by atoms with Crippen LogP contribution in [-0.2, 0) is 7.05 Å². The van der Waals surface area contributed by atoms with Crippen molar-refractivity contribution in [3.63, 3.8) is 0 Å². The summed E-state index contributed by atoms with van der Waals surface area (Å²) < 4.78 is 27.0. The van der Waals surface area contributed by atoms with Gasteiger partial charge in [0.15, 0.2) is 18.7 Å². The number of hydrogen-bond acceptors (Lipinski definition) is 1. The Morgan fingerprint density at radius 1 is 1.29 bits per heavy atom. The van der Waals surface area contributed by atoms with E-state index in [0.717, 1.165) is 12.1 Å². The summed E-state index contributed by atoms with van der Waals surface area (Å²) in [7, 11) is 1.60. The molecule has 0 radical (unpaired) electrons. The van der Waals surface area contributed by atoms with Gasteiger partial charge in [-0.15, -0.1) is 4.68 Å². The van der Waals surface area contributed by atoms with Crippen LogP contribution in [0.4, 0.5) is 8.78 Å². The van der Waals surface area contributed by atoms with Gasteiger partial charge in [-0.05, 0) is 6.07 Å². The van der Waals surface area contributed by atoms with Crippen LogP contribution in [0.1, 0.15) is 0 Å². The number of hydrogen-bond donors (Lipinski definition) is 1. The van der Waals surface area contributed by atoms with Crippen LogP contribution >= 0.6 is 0 Å². The van der Waals surface area contributed by atoms with E-state index in [9.17, 15) is 13.6 Å². The molecule has 5 heteroatoms. The highest BCUT2D eigenvalue weighted by Crippen LogP contribution is 2.11. The maximum absolute atomic E-state index is 12.8. The van der Waals surface area contributed by atoms with Crippen LogP contribution in [0.15, 0.2) is 23.1 Å². The maximum Gasteiger partial charge on any atom is 0.253 e. The number of H-pyrrole nitrogens is 1. The van der Waals surface area contributed by atoms with Gasteiger partial charge < -0.3 is 0 Å². The number of halogens is 2. The highest BCUT2D eigenvalue weighted by Gasteiger charge is 2.09. The van der Waals surface area contributed by atoms with Crippen molar-refractivity contribution >= 4 is 10.9 Å². The van der Waals surface area contributed by atoms with Crippen molar-refractivity contribution in [1.29, 1.82) is 0 Å². The molecule has 1 N–H and O–H groups in total. The molecule has 0 aliphatic carbocycles. The fourth-order valence-electron chi connectivity index (χ4n) is 1.31. The Morgan fingerprint density at radius 2 is 1.93 bits per heavy atom. The number of fused-ring (bicyclic) bond motifs is 1. The van der Waals surface area contributed by atoms with Gasteiger partial charge in [0, 0.05) is 6.07 Å². The van der Waals surface area contributed by atoms with Crippen molar-refractivity contribution < 1.29 is 13.5 Å². The minimum Gasteiger partial charge on any atom is -0.282 e. The number of nitrogens with one attached hydrogen (secondary N) is 1. The lowest BCUT2D eigenvalue weighted by Crippen LogP contribution is -2.36. The molecule has 0 saturated heterocycles. The van der Waals surface area contributed by atoms with Crippen molar-refractivity contribution in [2.75, 3.05) is 0 Å². The van der Waals surface area contributed by atoms with E-state index in [-0.39, 0.29) is 16.3 Å². The van der Waals surface area contributed by atoms with E-state index in [1.54, 1.807) is 7.05 Å². The largest absolute Gasteiger partial charge is 0.282 e. The monoisotopic (exact) mass is 197 g/mol. The zero-order valence-electron chi connectivity index (χ0n) is 7.34. The second-order valence-corrected chi connectivity index (χ2v) is 3.03. The summed E-state index contributed by atoms with van der Waals surface area (Å²) in [6, 6.07) is 1.86. The van der Waals surface area contributed by atoms with Crippen LogP contribution in [0.25, 0.3) is 10.9 Å². The third kappa shape index (κ3) is 1.26. The maximum atomic E-state index is 12.8. The number of rotatable bonds is 0. The molecule has 0 aliphatic heterocycles. The smallest absolute Gasteiger partial charge is 0.253 e. The first-order chi connectivity index (χ1) is 6.58. The van der Waals surface area contributed by atoms with Gasteiger partial charge >= 0.3 is 0 Å². The van der Waals surface area contributed by atoms with Gasteiger partial charge in [0.05, 0.1) is 5.39 Å². The molecule has 0 amide bonds. The van der Waals surface area contributed by atoms with Gasteiger partial charge in [0.25, 0.3) is 5.43 Å². The molecule has 14 heavy (non-hydrogen) atoms. The predicted molar refractivity (Wildman–Crippen MR) is 45.7 cm³/mol. The summed E-state index contributed by atoms with van der Waals surface area (Å²) in [6.45, 7) is 0. The summed E-state index contributed by atoms with van der Waals surface area (Å²) in [6.07, 6.45) is 1.26. The first-order valence-electron chi connectivity index (χ1n) is 3.95. The minimum atomic E-state index is -1.02. The first kappa shape index (κ1) is 8.80. The number of aromatic amines is 1. The Bertz CT molecular complexity index is 562. The van der Waals surface area contributed by atoms with E-state index in [1.165, 1.54) is 10.9 Å². The second kappa shape index (κ2) is 2.87. The van der Waals surface area contributed by atoms with Gasteiger partial charge in [-0.1, -0.05) is 0 Å². The Morgan fingerprint density at radius 3 is 2.64 bits per heavy atom. The molecule has 0 unspecified atom stereocenters. The normalized spacial score (nSPS) is 10.8. The Balaban J connectivity index is 2.96. The highest BCUT2D eigenvalue weighted by molar-refractivity contribution is 5.77. The number of nitrogens with zero attached hydrogens (tertiary/aromatic N) is 1. The zero-order chi connectivity index (χ0) is 10.3. The molecule has 1 aromatic heterocycles. The summed E-state index contributed by atoms with van der Waals surface area (Å²) >= 11 is 0. The van der Waals surface area contributed by atoms with Gasteiger partial charge in [0.2, 0.25) is 6.20 Å². The van der Waals surface area contributed by atoms with E-state index in [1.807, 2.05) is 0 Å². The fourth-order valence-corrected chi connectivity index (χ4v) is 1.31. The summed E-state index contributed by atoms with van der Waals surface area (Å²) in [5.74, 6) is -1.99. The average molecular weight is 197 g/mol. The van der Waals surface area contributed by atoms with Gasteiger partial charge in [-0.25, -0.2) is 8.78 Å². The second-order valence-electron chi connectivity index (χ2n) is 3.03. The quantitative estimate of drug-likeness (QED) is 0.618. The van der Waals surface area contributed by atoms with Crippen molar-refractivity contribution in [1.82, 2.24) is 5.10 Å². The third-order valence-corrected chi connectivity index (χ3v) is 1.93. The standard InChI is InChI=1S/C9H6F2N2O/c1-13-4-9(14)5-2-6(10)7(11)3-8(5)12-13/h2-4H,1H3/p+1. The third-order valence-electron chi connectivity index (χ3n) is 1.93. The van der Waals surface area contributed by atoms with Crippen LogP contribution in [0, 0.1) is 11.6 Å². The number of aryl methyl sites for hydroxylation is 1. The van der Waals surface area contributed by atoms with E-state index < -0.39 is 11.6 Å². The molecule has 0 aliphatic rings. The van der Waals surface area contributed by atoms with E-state index >= 15 is 0 Å². The van der Waals surface area contributed by atoms with Crippen LogP contribution in [0.2, 0.25) is 0 Å². The molecule has 3 nitrogen and oxygen atoms in total. The Kier molecular flexibility index (Phi) is 1.80. The number of benzene rings is 1. The predicted octanol–water partition coefficient (Wildman–Crippen LogP) is 0.631. The van der Waals surface area contributed by atoms with E-state index in [4.69, 9.17) is 0 Å². The SMILES string of the molecule is C[n+]1cc(=O)c2cc(F)c(F)cc2[nH]1. The van der Waals surface area contributed by atoms with Crippen LogP contribution in [0.3, 0.4) is 0 Å². The summed E-state index contributed by atoms with van der Waals surface area (Å²) in [5, 5.41) is 2.85. The average Bonchev–Trinajstić information content (AvgIpc) is 2.08. The summed E-state index contributed by atoms with van der Waals surface area (Å²) in [4.78, 5) is 11.3. The molecule has 1 heterocycles. The minimum absolute atomic E-state index is 0.141. The van der Waals surface area contributed by atoms with E-state index in [2.05, 4.69) is 5.10 Å². The lowest BCUT2D eigenvalue weighted by molar-refractivity contribution is -0.729. The zero-order valence-corrected chi connectivity index (χ0v) is 7.34. The highest BCUT2D eigenvalue weighted by atomic mass is 19.2. The molecule has 2 rings (SSSR count). The molecule has 0 spiro atoms. The van der Waals surface area contributed by atoms with E-state index in [0.29, 0.717) is 0 Å². The Labute approximate surface area is 77.6 Å². The fraction of sp³-hybridized carbons (Fsp3) is 0.111. The van der Waals surface area contributed by atoms with Gasteiger partial charge in [0.1, 0.15) is 5.52 Å². The lowest BCUT2D eigenvalue weighted by Gasteiger charge is -1.96. The molecular formula is C9H7F2N2O+. The van der Waals surface area contributed by atoms with Crippen molar-refractivity contribution in [3.05, 3.63) is 40.2 Å². The molecule has 0 saturated carbocycles. The van der Waals surface area contributed by atoms with Crippen LogP contribution in [0.5, 0.6) is 0 Å². The molecule has 0 bridgehead atoms. The van der Waals surface area contributed by atoms with Crippen molar-refractivity contribution in [2.45, 2.75) is 0 Å². The van der Waals surface area contributed by atoms with Crippen LogP contribution < -0.4 is 10.1 Å². The molecule has 1 aromatic carbocycles. The van der Waals surface area contributed by atoms with Gasteiger partial charge in [-0.2, -0.15) is 5.10 Å². The molecule has 72 valence electrons. The molecular weight excluding hydrogens is 190 g/mol. The van der Waals surface area contributed by atoms with Crippen LogP contribution in [-0.4, -0.2) is 5.10 Å². The molecule has 0 atom stereocenters. The molecule has 0 fully saturated rings. The number of aromatic nitrogens is 2. The topological polar surface area (TPSA) is 36.7 Å². The summed E-state index contributed by atoms with van der Waals surface area (Å²) in [5.41, 5.74) is -0.0703. The van der Waals surface area contributed by atoms with Crippen molar-refractivity contribution in [2.24, 2.45) is 7.05 Å². The Hall–Kier alpha value is -1.78. The van der Waals surface area contributed by atoms with Crippen molar-refractivity contribution in [3.8, 4) is 0 Å².